The van der Waals surface area contributed by atoms with Crippen LogP contribution in [0.1, 0.15) is 6.92 Å². The number of nitrogens with one attached hydrogen (secondary N) is 2. The number of H-pyrrole nitrogens is 1. The molecule has 86 valence electrons. The summed E-state index contributed by atoms with van der Waals surface area (Å²) >= 11 is 0. The van der Waals surface area contributed by atoms with E-state index in [1.165, 1.54) is 6.08 Å². The molecule has 1 heterocycles. The Hall–Kier alpha value is -2.50. The minimum atomic E-state index is -0.169. The van der Waals surface area contributed by atoms with Crippen molar-refractivity contribution in [3.8, 4) is 11.4 Å². The standard InChI is InChI=1S/C11H11N5O/c1-2-4-10(17)12-9-6-3-5-8(7-9)11-13-15-16-14-11/h2-7H,1H3,(H,12,17)(H,13,14,15,16). The van der Waals surface area contributed by atoms with Crippen molar-refractivity contribution in [2.45, 2.75) is 6.92 Å². The number of benzene rings is 1. The van der Waals surface area contributed by atoms with Crippen molar-refractivity contribution in [3.05, 3.63) is 36.4 Å². The van der Waals surface area contributed by atoms with Crippen LogP contribution < -0.4 is 5.32 Å². The Bertz CT molecular complexity index is 533. The number of carbonyl (C=O) groups excluding carboxylic acids is 1. The topological polar surface area (TPSA) is 83.6 Å². The predicted molar refractivity (Wildman–Crippen MR) is 63.1 cm³/mol. The van der Waals surface area contributed by atoms with Crippen molar-refractivity contribution in [1.82, 2.24) is 20.6 Å². The molecule has 6 nitrogen and oxygen atoms in total. The van der Waals surface area contributed by atoms with Gasteiger partial charge in [-0.1, -0.05) is 18.2 Å². The van der Waals surface area contributed by atoms with Gasteiger partial charge in [0.25, 0.3) is 0 Å². The summed E-state index contributed by atoms with van der Waals surface area (Å²) in [6.45, 7) is 1.79. The zero-order valence-corrected chi connectivity index (χ0v) is 9.21. The van der Waals surface area contributed by atoms with E-state index < -0.39 is 0 Å². The maximum atomic E-state index is 11.4. The third-order valence-electron chi connectivity index (χ3n) is 2.05. The van der Waals surface area contributed by atoms with Gasteiger partial charge >= 0.3 is 0 Å². The molecule has 17 heavy (non-hydrogen) atoms. The third kappa shape index (κ3) is 2.75. The van der Waals surface area contributed by atoms with Crippen LogP contribution >= 0.6 is 0 Å². The van der Waals surface area contributed by atoms with Gasteiger partial charge < -0.3 is 5.32 Å². The van der Waals surface area contributed by atoms with Crippen LogP contribution in [0.15, 0.2) is 36.4 Å². The molecule has 1 amide bonds. The van der Waals surface area contributed by atoms with E-state index in [0.29, 0.717) is 11.5 Å². The van der Waals surface area contributed by atoms with E-state index in [9.17, 15) is 4.79 Å². The molecule has 0 saturated carbocycles. The highest BCUT2D eigenvalue weighted by molar-refractivity contribution is 5.99. The van der Waals surface area contributed by atoms with Crippen LogP contribution in [-0.2, 0) is 4.79 Å². The van der Waals surface area contributed by atoms with E-state index in [-0.39, 0.29) is 5.91 Å². The number of tetrazole rings is 1. The maximum absolute atomic E-state index is 11.4. The summed E-state index contributed by atoms with van der Waals surface area (Å²) in [6.07, 6.45) is 3.14. The minimum Gasteiger partial charge on any atom is -0.322 e. The van der Waals surface area contributed by atoms with E-state index in [1.807, 2.05) is 12.1 Å². The Labute approximate surface area is 97.7 Å². The van der Waals surface area contributed by atoms with Crippen LogP contribution in [0.25, 0.3) is 11.4 Å². The second-order valence-corrected chi connectivity index (χ2v) is 3.31. The zero-order chi connectivity index (χ0) is 12.1. The third-order valence-corrected chi connectivity index (χ3v) is 2.05. The summed E-state index contributed by atoms with van der Waals surface area (Å²) in [6, 6.07) is 7.24. The molecule has 1 aromatic heterocycles. The molecule has 2 N–H and O–H groups in total. The molecule has 0 fully saturated rings. The van der Waals surface area contributed by atoms with Crippen molar-refractivity contribution < 1.29 is 4.79 Å². The van der Waals surface area contributed by atoms with Crippen LogP contribution in [0, 0.1) is 0 Å². The minimum absolute atomic E-state index is 0.169. The number of amides is 1. The highest BCUT2D eigenvalue weighted by atomic mass is 16.1. The van der Waals surface area contributed by atoms with Crippen LogP contribution in [0.4, 0.5) is 5.69 Å². The highest BCUT2D eigenvalue weighted by Gasteiger charge is 2.04. The maximum Gasteiger partial charge on any atom is 0.248 e. The van der Waals surface area contributed by atoms with Gasteiger partial charge in [0.2, 0.25) is 11.7 Å². The fraction of sp³-hybridized carbons (Fsp3) is 0.0909. The molecule has 0 aliphatic rings. The van der Waals surface area contributed by atoms with Gasteiger partial charge in [0.1, 0.15) is 0 Å². The number of hydrogen-bond acceptors (Lipinski definition) is 4. The molecule has 0 atom stereocenters. The van der Waals surface area contributed by atoms with Crippen molar-refractivity contribution in [3.63, 3.8) is 0 Å². The number of allylic oxidation sites excluding steroid dienone is 1. The monoisotopic (exact) mass is 229 g/mol. The van der Waals surface area contributed by atoms with Crippen LogP contribution in [0.5, 0.6) is 0 Å². The van der Waals surface area contributed by atoms with Gasteiger partial charge in [-0.3, -0.25) is 4.79 Å². The van der Waals surface area contributed by atoms with E-state index in [1.54, 1.807) is 25.1 Å². The lowest BCUT2D eigenvalue weighted by atomic mass is 10.2. The van der Waals surface area contributed by atoms with Gasteiger partial charge in [0, 0.05) is 11.3 Å². The number of aromatic nitrogens is 4. The molecule has 0 aliphatic heterocycles. The molecule has 0 bridgehead atoms. The lowest BCUT2D eigenvalue weighted by Gasteiger charge is -2.03. The van der Waals surface area contributed by atoms with Crippen molar-refractivity contribution in [1.29, 1.82) is 0 Å². The van der Waals surface area contributed by atoms with E-state index in [4.69, 9.17) is 0 Å². The zero-order valence-electron chi connectivity index (χ0n) is 9.21. The quantitative estimate of drug-likeness (QED) is 0.779. The van der Waals surface area contributed by atoms with Gasteiger partial charge in [0.15, 0.2) is 0 Å². The normalized spacial score (nSPS) is 10.6. The lowest BCUT2D eigenvalue weighted by Crippen LogP contribution is -2.07. The lowest BCUT2D eigenvalue weighted by molar-refractivity contribution is -0.111. The number of anilines is 1. The van der Waals surface area contributed by atoms with E-state index in [0.717, 1.165) is 5.56 Å². The van der Waals surface area contributed by atoms with Crippen LogP contribution in [0.3, 0.4) is 0 Å². The second kappa shape index (κ2) is 5.02. The first kappa shape index (κ1) is 11.0. The summed E-state index contributed by atoms with van der Waals surface area (Å²) in [5.41, 5.74) is 1.48. The molecule has 0 radical (unpaired) electrons. The molecular formula is C11H11N5O. The fourth-order valence-corrected chi connectivity index (χ4v) is 1.36. The van der Waals surface area contributed by atoms with Gasteiger partial charge in [-0.05, 0) is 30.3 Å². The molecule has 0 unspecified atom stereocenters. The molecule has 2 rings (SSSR count). The molecule has 0 aliphatic carbocycles. The Morgan fingerprint density at radius 1 is 1.47 bits per heavy atom. The number of aromatic amines is 1. The summed E-state index contributed by atoms with van der Waals surface area (Å²) in [4.78, 5) is 11.4. The van der Waals surface area contributed by atoms with Crippen molar-refractivity contribution in [2.24, 2.45) is 0 Å². The van der Waals surface area contributed by atoms with Crippen molar-refractivity contribution >= 4 is 11.6 Å². The smallest absolute Gasteiger partial charge is 0.248 e. The van der Waals surface area contributed by atoms with E-state index in [2.05, 4.69) is 25.9 Å². The Morgan fingerprint density at radius 3 is 3.06 bits per heavy atom. The SMILES string of the molecule is CC=CC(=O)Nc1cccc(-c2nn[nH]n2)c1. The number of hydrogen-bond donors (Lipinski definition) is 2. The van der Waals surface area contributed by atoms with Crippen molar-refractivity contribution in [2.75, 3.05) is 5.32 Å². The number of nitrogens with zero attached hydrogens (tertiary/aromatic N) is 3. The van der Waals surface area contributed by atoms with Crippen LogP contribution in [0.2, 0.25) is 0 Å². The Morgan fingerprint density at radius 2 is 2.35 bits per heavy atom. The number of carbonyl (C=O) groups is 1. The van der Waals surface area contributed by atoms with Gasteiger partial charge in [-0.15, -0.1) is 10.2 Å². The first-order valence-electron chi connectivity index (χ1n) is 5.07. The molecule has 1 aromatic carbocycles. The first-order valence-corrected chi connectivity index (χ1v) is 5.07. The second-order valence-electron chi connectivity index (χ2n) is 3.31. The van der Waals surface area contributed by atoms with Gasteiger partial charge in [-0.2, -0.15) is 5.21 Å². The summed E-state index contributed by atoms with van der Waals surface area (Å²) in [7, 11) is 0. The van der Waals surface area contributed by atoms with Gasteiger partial charge in [-0.25, -0.2) is 0 Å². The molecule has 6 heteroatoms. The molecule has 2 aromatic rings. The molecule has 0 saturated heterocycles. The van der Waals surface area contributed by atoms with Crippen LogP contribution in [-0.4, -0.2) is 26.5 Å². The Kier molecular flexibility index (Phi) is 3.25. The summed E-state index contributed by atoms with van der Waals surface area (Å²) in [5, 5.41) is 16.3. The van der Waals surface area contributed by atoms with E-state index >= 15 is 0 Å². The Balaban J connectivity index is 2.20. The first-order chi connectivity index (χ1) is 8.29. The largest absolute Gasteiger partial charge is 0.322 e. The highest BCUT2D eigenvalue weighted by Crippen LogP contribution is 2.18. The fourth-order valence-electron chi connectivity index (χ4n) is 1.36. The summed E-state index contributed by atoms with van der Waals surface area (Å²) < 4.78 is 0. The predicted octanol–water partition coefficient (Wildman–Crippen LogP) is 1.38. The molecular weight excluding hydrogens is 218 g/mol. The summed E-state index contributed by atoms with van der Waals surface area (Å²) in [5.74, 6) is 0.324. The van der Waals surface area contributed by atoms with Gasteiger partial charge in [0.05, 0.1) is 0 Å². The average molecular weight is 229 g/mol. The number of rotatable bonds is 3. The molecule has 0 spiro atoms. The average Bonchev–Trinajstić information content (AvgIpc) is 2.83.